The molecule has 6 heterocycles. The van der Waals surface area contributed by atoms with E-state index in [2.05, 4.69) is 245 Å². The van der Waals surface area contributed by atoms with Crippen molar-refractivity contribution in [2.75, 3.05) is 5.32 Å². The number of aryl methyl sites for hydroxylation is 2. The van der Waals surface area contributed by atoms with Crippen LogP contribution in [0.5, 0.6) is 0 Å². The fourth-order valence-corrected chi connectivity index (χ4v) is 10.2. The molecule has 0 fully saturated rings. The summed E-state index contributed by atoms with van der Waals surface area (Å²) in [5.41, 5.74) is 16.3. The SMILES string of the molecule is CC(C)C1C(=O)Nc2ccccc21.CC(C)[n+]1c[nH]c2ccccc21.CC(C)c1c[nH]c2ccccc12.CC(C)c1cn(C)c2ccccc12.CC(C)n1cnc2ccccc21.Cc1[nH]c2ccccc2c1C(C)C. The summed E-state index contributed by atoms with van der Waals surface area (Å²) >= 11 is 0. The topological polar surface area (TPSA) is 103 Å². The maximum Gasteiger partial charge on any atom is 0.242 e. The van der Waals surface area contributed by atoms with Crippen LogP contribution >= 0.6 is 0 Å². The highest BCUT2D eigenvalue weighted by Crippen LogP contribution is 2.37. The van der Waals surface area contributed by atoms with Gasteiger partial charge in [0.2, 0.25) is 12.2 Å². The Hall–Kier alpha value is -7.65. The van der Waals surface area contributed by atoms with Crippen LogP contribution in [0, 0.1) is 12.8 Å². The normalized spacial score (nSPS) is 12.9. The number of aromatic amines is 3. The highest BCUT2D eigenvalue weighted by Gasteiger charge is 2.32. The number of imidazole rings is 2. The van der Waals surface area contributed by atoms with Crippen molar-refractivity contribution in [3.63, 3.8) is 0 Å². The fraction of sp³-hybridized carbons (Fsp3) is 0.318. The number of anilines is 1. The quantitative estimate of drug-likeness (QED) is 0.125. The van der Waals surface area contributed by atoms with Crippen LogP contribution in [-0.4, -0.2) is 35.0 Å². The maximum absolute atomic E-state index is 11.6. The van der Waals surface area contributed by atoms with Crippen LogP contribution in [0.1, 0.15) is 147 Å². The van der Waals surface area contributed by atoms with Crippen molar-refractivity contribution in [2.45, 2.75) is 126 Å². The summed E-state index contributed by atoms with van der Waals surface area (Å²) in [6.45, 7) is 28.4. The average molecular weight is 1000 g/mol. The molecule has 1 atom stereocenters. The Morgan fingerprint density at radius 1 is 0.573 bits per heavy atom. The van der Waals surface area contributed by atoms with Crippen molar-refractivity contribution >= 4 is 66.4 Å². The van der Waals surface area contributed by atoms with Gasteiger partial charge in [-0.2, -0.15) is 0 Å². The fourth-order valence-electron chi connectivity index (χ4n) is 10.2. The number of amides is 1. The highest BCUT2D eigenvalue weighted by atomic mass is 16.2. The summed E-state index contributed by atoms with van der Waals surface area (Å²) in [5.74, 6) is 2.33. The number of nitrogens with zero attached hydrogens (tertiary/aromatic N) is 4. The lowest BCUT2D eigenvalue weighted by molar-refractivity contribution is -0.691. The summed E-state index contributed by atoms with van der Waals surface area (Å²) in [7, 11) is 2.11. The molecule has 11 aromatic rings. The van der Waals surface area contributed by atoms with E-state index in [1.807, 2.05) is 61.2 Å². The summed E-state index contributed by atoms with van der Waals surface area (Å²) < 4.78 is 6.61. The highest BCUT2D eigenvalue weighted by molar-refractivity contribution is 6.03. The largest absolute Gasteiger partial charge is 0.361 e. The standard InChI is InChI=1S/2C12H15N.C11H13NO.C11H13N.2C10H12N2/c1-9(2)11-8-13(3)12-7-5-4-6-10(11)12;1-8(2)12-9(3)13-11-7-5-4-6-10(11)12;1-7(2)10-8-5-3-4-6-9(8)12-11(10)13;1-8(2)10-7-12-11-6-4-3-5-9(10)11;2*1-8(2)12-7-11-9-5-3-4-6-10(9)12/h4-9H,1-3H3;4-8,13H,1-3H3;3-7,10H,1-2H3,(H,12,13);3-8,12H,1-2H3;2*3-8H,1-2H3/p+1. The Kier molecular flexibility index (Phi) is 18.4. The lowest BCUT2D eigenvalue weighted by atomic mass is 9.90. The number of rotatable bonds is 6. The van der Waals surface area contributed by atoms with E-state index in [-0.39, 0.29) is 11.8 Å². The Morgan fingerprint density at radius 2 is 1.15 bits per heavy atom. The van der Waals surface area contributed by atoms with Gasteiger partial charge in [0.1, 0.15) is 0 Å². The lowest BCUT2D eigenvalue weighted by Crippen LogP contribution is -2.34. The van der Waals surface area contributed by atoms with Crippen LogP contribution in [0.3, 0.4) is 0 Å². The molecule has 1 aliphatic heterocycles. The minimum absolute atomic E-state index is 0.0381. The van der Waals surface area contributed by atoms with E-state index >= 15 is 0 Å². The summed E-state index contributed by atoms with van der Waals surface area (Å²) in [6.07, 6.45) is 8.26. The Morgan fingerprint density at radius 3 is 1.80 bits per heavy atom. The number of hydrogen-bond acceptors (Lipinski definition) is 2. The number of benzene rings is 6. The number of aromatic nitrogens is 7. The third kappa shape index (κ3) is 13.0. The third-order valence-electron chi connectivity index (χ3n) is 14.0. The molecule has 0 spiro atoms. The minimum Gasteiger partial charge on any atom is -0.361 e. The molecule has 1 aliphatic rings. The van der Waals surface area contributed by atoms with Gasteiger partial charge in [-0.15, -0.1) is 0 Å². The molecule has 0 aliphatic carbocycles. The van der Waals surface area contributed by atoms with Crippen molar-refractivity contribution in [2.24, 2.45) is 13.0 Å². The number of carbonyl (C=O) groups is 1. The Labute approximate surface area is 445 Å². The monoisotopic (exact) mass is 1000 g/mol. The molecule has 75 heavy (non-hydrogen) atoms. The summed E-state index contributed by atoms with van der Waals surface area (Å²) in [4.78, 5) is 25.8. The van der Waals surface area contributed by atoms with Crippen LogP contribution in [0.4, 0.5) is 5.69 Å². The van der Waals surface area contributed by atoms with Gasteiger partial charge in [-0.05, 0) is 129 Å². The van der Waals surface area contributed by atoms with Crippen molar-refractivity contribution < 1.29 is 9.36 Å². The van der Waals surface area contributed by atoms with Gasteiger partial charge in [0, 0.05) is 69.6 Å². The number of fused-ring (bicyclic) bond motifs is 6. The van der Waals surface area contributed by atoms with Gasteiger partial charge in [0.05, 0.1) is 29.3 Å². The first-order valence-electron chi connectivity index (χ1n) is 26.9. The first-order valence-corrected chi connectivity index (χ1v) is 26.9. The average Bonchev–Trinajstić information content (AvgIpc) is 4.26. The number of nitrogens with one attached hydrogen (secondary N) is 4. The van der Waals surface area contributed by atoms with Crippen molar-refractivity contribution in [3.8, 4) is 0 Å². The molecular formula is C66H81N8O+. The van der Waals surface area contributed by atoms with Gasteiger partial charge in [-0.25, -0.2) is 14.5 Å². The molecular weight excluding hydrogens is 921 g/mol. The molecule has 9 heteroatoms. The molecule has 5 aromatic heterocycles. The molecule has 390 valence electrons. The number of hydrogen-bond donors (Lipinski definition) is 4. The van der Waals surface area contributed by atoms with Crippen LogP contribution in [0.2, 0.25) is 0 Å². The summed E-state index contributed by atoms with van der Waals surface area (Å²) in [6, 6.07) is 50.9. The predicted octanol–water partition coefficient (Wildman–Crippen LogP) is 17.2. The smallest absolute Gasteiger partial charge is 0.242 e. The minimum atomic E-state index is 0.0381. The zero-order valence-electron chi connectivity index (χ0n) is 46.9. The first-order chi connectivity index (χ1) is 36.0. The Balaban J connectivity index is 0.000000131. The van der Waals surface area contributed by atoms with E-state index < -0.39 is 0 Å². The van der Waals surface area contributed by atoms with Gasteiger partial charge in [-0.1, -0.05) is 152 Å². The molecule has 6 aromatic carbocycles. The van der Waals surface area contributed by atoms with Crippen molar-refractivity contribution in [1.82, 2.24) is 29.1 Å². The van der Waals surface area contributed by atoms with Crippen molar-refractivity contribution in [3.05, 3.63) is 199 Å². The zero-order chi connectivity index (χ0) is 53.9. The molecule has 0 bridgehead atoms. The maximum atomic E-state index is 11.6. The zero-order valence-corrected chi connectivity index (χ0v) is 46.9. The van der Waals surface area contributed by atoms with Crippen LogP contribution in [0.15, 0.2) is 171 Å². The second kappa shape index (κ2) is 25.1. The molecule has 0 saturated carbocycles. The molecule has 0 saturated heterocycles. The van der Waals surface area contributed by atoms with E-state index in [9.17, 15) is 4.79 Å². The molecule has 1 unspecified atom stereocenters. The van der Waals surface area contributed by atoms with Gasteiger partial charge in [0.25, 0.3) is 0 Å². The second-order valence-corrected chi connectivity index (χ2v) is 21.5. The number of para-hydroxylation sites is 8. The van der Waals surface area contributed by atoms with E-state index in [1.165, 1.54) is 71.6 Å². The van der Waals surface area contributed by atoms with Gasteiger partial charge in [-0.3, -0.25) is 4.79 Å². The Bertz CT molecular complexity index is 3380. The molecule has 12 rings (SSSR count). The number of H-pyrrole nitrogens is 3. The van der Waals surface area contributed by atoms with E-state index in [1.54, 1.807) is 0 Å². The van der Waals surface area contributed by atoms with Crippen molar-refractivity contribution in [1.29, 1.82) is 0 Å². The van der Waals surface area contributed by atoms with E-state index in [0.717, 1.165) is 16.8 Å². The van der Waals surface area contributed by atoms with Crippen LogP contribution in [0.25, 0.3) is 54.8 Å². The molecule has 1 amide bonds. The second-order valence-electron chi connectivity index (χ2n) is 21.5. The molecule has 4 N–H and O–H groups in total. The third-order valence-corrected chi connectivity index (χ3v) is 14.0. The van der Waals surface area contributed by atoms with Gasteiger partial charge < -0.3 is 24.4 Å². The predicted molar refractivity (Wildman–Crippen MR) is 318 cm³/mol. The van der Waals surface area contributed by atoms with Crippen LogP contribution in [-0.2, 0) is 11.8 Å². The van der Waals surface area contributed by atoms with E-state index in [4.69, 9.17) is 0 Å². The number of carbonyl (C=O) groups excluding carboxylic acids is 1. The molecule has 9 nitrogen and oxygen atoms in total. The van der Waals surface area contributed by atoms with Gasteiger partial charge >= 0.3 is 0 Å². The molecule has 0 radical (unpaired) electrons. The summed E-state index contributed by atoms with van der Waals surface area (Å²) in [5, 5.41) is 7.00. The first kappa shape index (κ1) is 55.1. The van der Waals surface area contributed by atoms with E-state index in [0.29, 0.717) is 35.8 Å². The van der Waals surface area contributed by atoms with Gasteiger partial charge in [0.15, 0.2) is 11.0 Å². The van der Waals surface area contributed by atoms with Crippen LogP contribution < -0.4 is 9.88 Å². The lowest BCUT2D eigenvalue weighted by Gasteiger charge is -2.11.